The summed E-state index contributed by atoms with van der Waals surface area (Å²) in [7, 11) is 3.47. The summed E-state index contributed by atoms with van der Waals surface area (Å²) in [6.07, 6.45) is 0.960. The molecule has 112 valence electrons. The first kappa shape index (κ1) is 16.5. The Morgan fingerprint density at radius 3 is 2.55 bits per heavy atom. The van der Waals surface area contributed by atoms with Crippen LogP contribution in [0.5, 0.6) is 0 Å². The standard InChI is InChI=1S/C15H25N3O2/c1-16-15(17-9-6-11-19-2)18-10-12-20-13-14-7-4-3-5-8-14/h3-5,7-8H,6,9-13H2,1-2H3,(H2,16,17,18). The Morgan fingerprint density at radius 2 is 1.85 bits per heavy atom. The summed E-state index contributed by atoms with van der Waals surface area (Å²) in [5, 5.41) is 6.42. The van der Waals surface area contributed by atoms with Crippen LogP contribution in [0.4, 0.5) is 0 Å². The minimum absolute atomic E-state index is 0.641. The van der Waals surface area contributed by atoms with Gasteiger partial charge in [-0.15, -0.1) is 0 Å². The van der Waals surface area contributed by atoms with E-state index < -0.39 is 0 Å². The maximum atomic E-state index is 5.59. The van der Waals surface area contributed by atoms with E-state index in [0.29, 0.717) is 13.2 Å². The van der Waals surface area contributed by atoms with Gasteiger partial charge in [0, 0.05) is 33.9 Å². The first-order chi connectivity index (χ1) is 9.86. The van der Waals surface area contributed by atoms with Crippen molar-refractivity contribution in [3.63, 3.8) is 0 Å². The highest BCUT2D eigenvalue weighted by Gasteiger charge is 1.96. The first-order valence-electron chi connectivity index (χ1n) is 6.92. The fraction of sp³-hybridized carbons (Fsp3) is 0.533. The second-order valence-corrected chi connectivity index (χ2v) is 4.31. The van der Waals surface area contributed by atoms with Crippen molar-refractivity contribution < 1.29 is 9.47 Å². The van der Waals surface area contributed by atoms with Crippen LogP contribution in [0, 0.1) is 0 Å². The smallest absolute Gasteiger partial charge is 0.191 e. The van der Waals surface area contributed by atoms with Crippen LogP contribution in [0.15, 0.2) is 35.3 Å². The van der Waals surface area contributed by atoms with E-state index >= 15 is 0 Å². The van der Waals surface area contributed by atoms with E-state index in [-0.39, 0.29) is 0 Å². The van der Waals surface area contributed by atoms with Gasteiger partial charge in [-0.3, -0.25) is 4.99 Å². The van der Waals surface area contributed by atoms with Crippen LogP contribution in [0.25, 0.3) is 0 Å². The summed E-state index contributed by atoms with van der Waals surface area (Å²) >= 11 is 0. The summed E-state index contributed by atoms with van der Waals surface area (Å²) in [5.74, 6) is 0.796. The van der Waals surface area contributed by atoms with Crippen LogP contribution in [-0.4, -0.2) is 46.4 Å². The molecular formula is C15H25N3O2. The van der Waals surface area contributed by atoms with Gasteiger partial charge in [0.25, 0.3) is 0 Å². The molecule has 1 aromatic carbocycles. The molecule has 5 nitrogen and oxygen atoms in total. The van der Waals surface area contributed by atoms with Gasteiger partial charge in [0.15, 0.2) is 5.96 Å². The molecule has 0 aliphatic rings. The molecule has 0 saturated heterocycles. The Morgan fingerprint density at radius 1 is 1.10 bits per heavy atom. The van der Waals surface area contributed by atoms with Crippen LogP contribution >= 0.6 is 0 Å². The maximum Gasteiger partial charge on any atom is 0.191 e. The predicted molar refractivity (Wildman–Crippen MR) is 82.0 cm³/mol. The Balaban J connectivity index is 2.04. The van der Waals surface area contributed by atoms with Crippen molar-refractivity contribution in [2.24, 2.45) is 4.99 Å². The normalized spacial score (nSPS) is 11.4. The summed E-state index contributed by atoms with van der Waals surface area (Å²) in [6.45, 7) is 3.62. The SMILES string of the molecule is CN=C(NCCCOC)NCCOCc1ccccc1. The van der Waals surface area contributed by atoms with Gasteiger partial charge in [-0.1, -0.05) is 30.3 Å². The van der Waals surface area contributed by atoms with E-state index in [4.69, 9.17) is 9.47 Å². The molecule has 0 aromatic heterocycles. The van der Waals surface area contributed by atoms with Crippen molar-refractivity contribution in [1.29, 1.82) is 0 Å². The molecule has 0 fully saturated rings. The fourth-order valence-corrected chi connectivity index (χ4v) is 1.65. The van der Waals surface area contributed by atoms with E-state index in [1.807, 2.05) is 18.2 Å². The molecule has 0 aliphatic carbocycles. The number of guanidine groups is 1. The van der Waals surface area contributed by atoms with Crippen LogP contribution in [0.3, 0.4) is 0 Å². The molecule has 20 heavy (non-hydrogen) atoms. The van der Waals surface area contributed by atoms with Gasteiger partial charge in [0.1, 0.15) is 0 Å². The van der Waals surface area contributed by atoms with E-state index in [9.17, 15) is 0 Å². The third-order valence-corrected chi connectivity index (χ3v) is 2.69. The number of benzene rings is 1. The summed E-state index contributed by atoms with van der Waals surface area (Å²) in [6, 6.07) is 10.2. The number of aliphatic imine (C=N–C) groups is 1. The van der Waals surface area contributed by atoms with Gasteiger partial charge in [-0.05, 0) is 12.0 Å². The summed E-state index contributed by atoms with van der Waals surface area (Å²) in [4.78, 5) is 4.14. The molecular weight excluding hydrogens is 254 g/mol. The molecule has 0 bridgehead atoms. The zero-order valence-corrected chi connectivity index (χ0v) is 12.4. The number of ether oxygens (including phenoxy) is 2. The molecule has 0 radical (unpaired) electrons. The zero-order valence-electron chi connectivity index (χ0n) is 12.4. The van der Waals surface area contributed by atoms with Gasteiger partial charge >= 0.3 is 0 Å². The Bertz CT molecular complexity index is 369. The highest BCUT2D eigenvalue weighted by molar-refractivity contribution is 5.79. The van der Waals surface area contributed by atoms with Crippen molar-refractivity contribution in [1.82, 2.24) is 10.6 Å². The van der Waals surface area contributed by atoms with Gasteiger partial charge in [-0.2, -0.15) is 0 Å². The van der Waals surface area contributed by atoms with Crippen molar-refractivity contribution in [3.8, 4) is 0 Å². The second kappa shape index (κ2) is 11.3. The van der Waals surface area contributed by atoms with E-state index in [0.717, 1.165) is 32.1 Å². The third-order valence-electron chi connectivity index (χ3n) is 2.69. The molecule has 0 spiro atoms. The van der Waals surface area contributed by atoms with Gasteiger partial charge in [-0.25, -0.2) is 0 Å². The largest absolute Gasteiger partial charge is 0.385 e. The number of hydrogen-bond donors (Lipinski definition) is 2. The molecule has 0 saturated carbocycles. The second-order valence-electron chi connectivity index (χ2n) is 4.31. The molecule has 0 unspecified atom stereocenters. The van der Waals surface area contributed by atoms with Gasteiger partial charge < -0.3 is 20.1 Å². The van der Waals surface area contributed by atoms with Crippen molar-refractivity contribution >= 4 is 5.96 Å². The average molecular weight is 279 g/mol. The molecule has 0 aliphatic heterocycles. The minimum Gasteiger partial charge on any atom is -0.385 e. The molecule has 0 amide bonds. The Labute approximate surface area is 121 Å². The average Bonchev–Trinajstić information content (AvgIpc) is 2.50. The van der Waals surface area contributed by atoms with Crippen LogP contribution in [0.2, 0.25) is 0 Å². The number of methoxy groups -OCH3 is 1. The van der Waals surface area contributed by atoms with Crippen LogP contribution in [0.1, 0.15) is 12.0 Å². The maximum absolute atomic E-state index is 5.59. The minimum atomic E-state index is 0.641. The monoisotopic (exact) mass is 279 g/mol. The molecule has 2 N–H and O–H groups in total. The lowest BCUT2D eigenvalue weighted by Crippen LogP contribution is -2.39. The number of hydrogen-bond acceptors (Lipinski definition) is 3. The lowest BCUT2D eigenvalue weighted by Gasteiger charge is -2.11. The van der Waals surface area contributed by atoms with E-state index in [1.165, 1.54) is 5.56 Å². The highest BCUT2D eigenvalue weighted by Crippen LogP contribution is 1.99. The zero-order chi connectivity index (χ0) is 14.5. The predicted octanol–water partition coefficient (Wildman–Crippen LogP) is 1.40. The van der Waals surface area contributed by atoms with Crippen LogP contribution < -0.4 is 10.6 Å². The quantitative estimate of drug-likeness (QED) is 0.408. The highest BCUT2D eigenvalue weighted by atomic mass is 16.5. The number of rotatable bonds is 9. The summed E-state index contributed by atoms with van der Waals surface area (Å²) in [5.41, 5.74) is 1.19. The van der Waals surface area contributed by atoms with Crippen molar-refractivity contribution in [2.75, 3.05) is 40.5 Å². The first-order valence-corrected chi connectivity index (χ1v) is 6.92. The van der Waals surface area contributed by atoms with Crippen molar-refractivity contribution in [3.05, 3.63) is 35.9 Å². The number of nitrogens with zero attached hydrogens (tertiary/aromatic N) is 1. The topological polar surface area (TPSA) is 54.9 Å². The molecule has 0 heterocycles. The fourth-order valence-electron chi connectivity index (χ4n) is 1.65. The molecule has 5 heteroatoms. The lowest BCUT2D eigenvalue weighted by atomic mass is 10.2. The van der Waals surface area contributed by atoms with Gasteiger partial charge in [0.05, 0.1) is 13.2 Å². The molecule has 0 atom stereocenters. The lowest BCUT2D eigenvalue weighted by molar-refractivity contribution is 0.125. The molecule has 1 aromatic rings. The Kier molecular flexibility index (Phi) is 9.26. The van der Waals surface area contributed by atoms with Gasteiger partial charge in [0.2, 0.25) is 0 Å². The Hall–Kier alpha value is -1.59. The van der Waals surface area contributed by atoms with E-state index in [1.54, 1.807) is 14.2 Å². The number of nitrogens with one attached hydrogen (secondary N) is 2. The third kappa shape index (κ3) is 7.76. The van der Waals surface area contributed by atoms with E-state index in [2.05, 4.69) is 27.8 Å². The molecule has 1 rings (SSSR count). The van der Waals surface area contributed by atoms with Crippen molar-refractivity contribution in [2.45, 2.75) is 13.0 Å². The van der Waals surface area contributed by atoms with Crippen LogP contribution in [-0.2, 0) is 16.1 Å². The summed E-state index contributed by atoms with van der Waals surface area (Å²) < 4.78 is 10.6.